The van der Waals surface area contributed by atoms with Gasteiger partial charge in [0.15, 0.2) is 0 Å². The van der Waals surface area contributed by atoms with E-state index in [9.17, 15) is 18.4 Å². The second-order valence-corrected chi connectivity index (χ2v) is 8.25. The van der Waals surface area contributed by atoms with Crippen molar-refractivity contribution in [3.8, 4) is 11.1 Å². The third kappa shape index (κ3) is 3.26. The van der Waals surface area contributed by atoms with Crippen molar-refractivity contribution in [2.24, 2.45) is 0 Å². The molecular weight excluding hydrogens is 394 g/mol. The van der Waals surface area contributed by atoms with Gasteiger partial charge < -0.3 is 9.47 Å². The number of alkyl halides is 1. The number of likely N-dealkylation sites (tertiary alicyclic amines) is 1. The number of hydrogen-bond acceptors (Lipinski definition) is 3. The standard InChI is InChI=1S/C19H15ClF2N2O2S/c1-19(22)9-24(10-19)16(25)7-23-5-4-15-17(18(23)26)12(8-27-15)11-2-3-13(20)14(21)6-11/h2-6,8H,7,9-10H2,1H3. The van der Waals surface area contributed by atoms with Crippen molar-refractivity contribution in [3.05, 3.63) is 57.0 Å². The first-order valence-corrected chi connectivity index (χ1v) is 9.54. The lowest BCUT2D eigenvalue weighted by Gasteiger charge is -2.42. The Balaban J connectivity index is 1.70. The largest absolute Gasteiger partial charge is 0.335 e. The van der Waals surface area contributed by atoms with Gasteiger partial charge >= 0.3 is 0 Å². The highest BCUT2D eigenvalue weighted by molar-refractivity contribution is 7.17. The highest BCUT2D eigenvalue weighted by Crippen LogP contribution is 2.33. The number of rotatable bonds is 3. The minimum atomic E-state index is -1.36. The van der Waals surface area contributed by atoms with E-state index < -0.39 is 11.5 Å². The van der Waals surface area contributed by atoms with Crippen LogP contribution in [0, 0.1) is 5.82 Å². The first kappa shape index (κ1) is 18.1. The predicted octanol–water partition coefficient (Wildman–Crippen LogP) is 4.09. The number of thiophene rings is 1. The zero-order valence-electron chi connectivity index (χ0n) is 14.3. The summed E-state index contributed by atoms with van der Waals surface area (Å²) in [6.07, 6.45) is 1.56. The smallest absolute Gasteiger partial charge is 0.260 e. The molecule has 0 N–H and O–H groups in total. The number of hydrogen-bond donors (Lipinski definition) is 0. The number of benzene rings is 1. The van der Waals surface area contributed by atoms with Crippen LogP contribution in [0.4, 0.5) is 8.78 Å². The molecule has 1 aromatic carbocycles. The molecule has 0 bridgehead atoms. The van der Waals surface area contributed by atoms with Crippen molar-refractivity contribution in [3.63, 3.8) is 0 Å². The maximum absolute atomic E-state index is 13.8. The molecule has 0 spiro atoms. The van der Waals surface area contributed by atoms with Gasteiger partial charge in [0.25, 0.3) is 5.56 Å². The van der Waals surface area contributed by atoms with E-state index in [4.69, 9.17) is 11.6 Å². The molecule has 2 aromatic heterocycles. The van der Waals surface area contributed by atoms with Crippen LogP contribution >= 0.6 is 22.9 Å². The van der Waals surface area contributed by atoms with Crippen molar-refractivity contribution >= 4 is 38.9 Å². The molecule has 0 radical (unpaired) electrons. The van der Waals surface area contributed by atoms with Crippen LogP contribution in [0.1, 0.15) is 6.92 Å². The Morgan fingerprint density at radius 2 is 2.07 bits per heavy atom. The Morgan fingerprint density at radius 1 is 1.33 bits per heavy atom. The molecule has 4 rings (SSSR count). The quantitative estimate of drug-likeness (QED) is 0.655. The third-order valence-electron chi connectivity index (χ3n) is 4.63. The number of pyridine rings is 1. The van der Waals surface area contributed by atoms with E-state index in [1.54, 1.807) is 23.7 Å². The Labute approximate surface area is 162 Å². The molecule has 3 heterocycles. The molecule has 140 valence electrons. The molecule has 1 aliphatic heterocycles. The maximum Gasteiger partial charge on any atom is 0.260 e. The molecule has 0 atom stereocenters. The summed E-state index contributed by atoms with van der Waals surface area (Å²) in [6, 6.07) is 6.13. The van der Waals surface area contributed by atoms with E-state index in [1.165, 1.54) is 39.9 Å². The summed E-state index contributed by atoms with van der Waals surface area (Å²) in [5.41, 5.74) is -0.557. The summed E-state index contributed by atoms with van der Waals surface area (Å²) in [4.78, 5) is 26.6. The lowest BCUT2D eigenvalue weighted by Crippen LogP contribution is -2.60. The summed E-state index contributed by atoms with van der Waals surface area (Å²) >= 11 is 7.10. The zero-order chi connectivity index (χ0) is 19.3. The number of amides is 1. The Bertz CT molecular complexity index is 1110. The van der Waals surface area contributed by atoms with E-state index in [-0.39, 0.29) is 36.1 Å². The minimum Gasteiger partial charge on any atom is -0.335 e. The molecule has 1 aliphatic rings. The van der Waals surface area contributed by atoms with E-state index in [1.807, 2.05) is 0 Å². The fourth-order valence-electron chi connectivity index (χ4n) is 3.26. The average molecular weight is 409 g/mol. The van der Waals surface area contributed by atoms with Crippen LogP contribution in [0.2, 0.25) is 5.02 Å². The summed E-state index contributed by atoms with van der Waals surface area (Å²) in [7, 11) is 0. The van der Waals surface area contributed by atoms with Crippen LogP contribution < -0.4 is 5.56 Å². The fourth-order valence-corrected chi connectivity index (χ4v) is 4.33. The first-order chi connectivity index (χ1) is 12.7. The number of aromatic nitrogens is 1. The highest BCUT2D eigenvalue weighted by atomic mass is 35.5. The highest BCUT2D eigenvalue weighted by Gasteiger charge is 2.41. The molecule has 8 heteroatoms. The van der Waals surface area contributed by atoms with Crippen LogP contribution in [0.15, 0.2) is 40.6 Å². The fraction of sp³-hybridized carbons (Fsp3) is 0.263. The lowest BCUT2D eigenvalue weighted by molar-refractivity contribution is -0.144. The Hall–Kier alpha value is -2.25. The molecule has 1 fully saturated rings. The van der Waals surface area contributed by atoms with Gasteiger partial charge in [-0.05, 0) is 30.7 Å². The second-order valence-electron chi connectivity index (χ2n) is 6.93. The predicted molar refractivity (Wildman–Crippen MR) is 103 cm³/mol. The summed E-state index contributed by atoms with van der Waals surface area (Å²) < 4.78 is 29.5. The molecule has 4 nitrogen and oxygen atoms in total. The number of nitrogens with zero attached hydrogens (tertiary/aromatic N) is 2. The Morgan fingerprint density at radius 3 is 2.74 bits per heavy atom. The zero-order valence-corrected chi connectivity index (χ0v) is 15.9. The first-order valence-electron chi connectivity index (χ1n) is 8.28. The van der Waals surface area contributed by atoms with Crippen molar-refractivity contribution in [1.29, 1.82) is 0 Å². The SMILES string of the molecule is CC1(F)CN(C(=O)Cn2ccc3scc(-c4ccc(Cl)c(F)c4)c3c2=O)C1. The van der Waals surface area contributed by atoms with E-state index in [0.717, 1.165) is 4.70 Å². The molecular formula is C19H15ClF2N2O2S. The van der Waals surface area contributed by atoms with Gasteiger partial charge in [-0.3, -0.25) is 9.59 Å². The molecule has 27 heavy (non-hydrogen) atoms. The summed E-state index contributed by atoms with van der Waals surface area (Å²) in [5, 5.41) is 2.22. The van der Waals surface area contributed by atoms with Gasteiger partial charge in [-0.1, -0.05) is 17.7 Å². The van der Waals surface area contributed by atoms with Crippen LogP contribution in [-0.4, -0.2) is 34.1 Å². The van der Waals surface area contributed by atoms with Crippen LogP contribution in [0.25, 0.3) is 21.2 Å². The average Bonchev–Trinajstić information content (AvgIpc) is 3.02. The molecule has 1 saturated heterocycles. The van der Waals surface area contributed by atoms with Crippen LogP contribution in [0.5, 0.6) is 0 Å². The number of halogens is 3. The van der Waals surface area contributed by atoms with Gasteiger partial charge in [0.1, 0.15) is 18.0 Å². The number of carbonyl (C=O) groups is 1. The third-order valence-corrected chi connectivity index (χ3v) is 5.88. The topological polar surface area (TPSA) is 42.3 Å². The number of fused-ring (bicyclic) bond motifs is 1. The van der Waals surface area contributed by atoms with Gasteiger partial charge in [0.2, 0.25) is 5.91 Å². The van der Waals surface area contributed by atoms with Crippen molar-refractivity contribution in [2.75, 3.05) is 13.1 Å². The van der Waals surface area contributed by atoms with Crippen LogP contribution in [-0.2, 0) is 11.3 Å². The minimum absolute atomic E-state index is 0.00991. The summed E-state index contributed by atoms with van der Waals surface area (Å²) in [5.74, 6) is -0.868. The van der Waals surface area contributed by atoms with Crippen LogP contribution in [0.3, 0.4) is 0 Å². The molecule has 0 aliphatic carbocycles. The van der Waals surface area contributed by atoms with Gasteiger partial charge in [-0.2, -0.15) is 0 Å². The normalized spacial score (nSPS) is 15.8. The van der Waals surface area contributed by atoms with E-state index in [0.29, 0.717) is 16.5 Å². The van der Waals surface area contributed by atoms with Gasteiger partial charge in [-0.25, -0.2) is 8.78 Å². The molecule has 1 amide bonds. The summed E-state index contributed by atoms with van der Waals surface area (Å²) in [6.45, 7) is 1.36. The van der Waals surface area contributed by atoms with Gasteiger partial charge in [0, 0.05) is 21.8 Å². The van der Waals surface area contributed by atoms with Crippen molar-refractivity contribution in [2.45, 2.75) is 19.1 Å². The molecule has 0 unspecified atom stereocenters. The van der Waals surface area contributed by atoms with E-state index >= 15 is 0 Å². The molecule has 0 saturated carbocycles. The second kappa shape index (κ2) is 6.42. The van der Waals surface area contributed by atoms with Gasteiger partial charge in [-0.15, -0.1) is 11.3 Å². The van der Waals surface area contributed by atoms with E-state index in [2.05, 4.69) is 0 Å². The van der Waals surface area contributed by atoms with Crippen molar-refractivity contribution in [1.82, 2.24) is 9.47 Å². The lowest BCUT2D eigenvalue weighted by atomic mass is 9.99. The van der Waals surface area contributed by atoms with Gasteiger partial charge in [0.05, 0.1) is 23.5 Å². The number of carbonyl (C=O) groups excluding carboxylic acids is 1. The molecule has 3 aromatic rings. The monoisotopic (exact) mass is 408 g/mol. The maximum atomic E-state index is 13.8. The Kier molecular flexibility index (Phi) is 4.31. The van der Waals surface area contributed by atoms with Crippen molar-refractivity contribution < 1.29 is 13.6 Å².